The Morgan fingerprint density at radius 3 is 2.73 bits per heavy atom. The maximum absolute atomic E-state index is 12.4. The van der Waals surface area contributed by atoms with Crippen LogP contribution in [0.15, 0.2) is 15.8 Å². The molecule has 0 spiro atoms. The molecule has 0 saturated carbocycles. The number of nitrogens with one attached hydrogen (secondary N) is 1. The predicted molar refractivity (Wildman–Crippen MR) is 71.8 cm³/mol. The molecule has 0 aliphatic carbocycles. The van der Waals surface area contributed by atoms with Crippen LogP contribution < -0.4 is 16.9 Å². The number of hydrogen-bond acceptors (Lipinski definition) is 9. The summed E-state index contributed by atoms with van der Waals surface area (Å²) in [7, 11) is 0. The number of aromatic nitrogens is 4. The van der Waals surface area contributed by atoms with Crippen LogP contribution in [0.3, 0.4) is 0 Å². The fourth-order valence-electron chi connectivity index (χ4n) is 2.33. The summed E-state index contributed by atoms with van der Waals surface area (Å²) in [6.07, 6.45) is -4.26. The lowest BCUT2D eigenvalue weighted by Gasteiger charge is -2.17. The highest BCUT2D eigenvalue weighted by molar-refractivity contribution is 5.76. The number of fused-ring (bicyclic) bond motifs is 1. The van der Waals surface area contributed by atoms with Gasteiger partial charge in [-0.25, -0.2) is 14.6 Å². The van der Waals surface area contributed by atoms with Crippen molar-refractivity contribution in [1.29, 1.82) is 0 Å². The molecule has 1 aliphatic rings. The second kappa shape index (κ2) is 5.14. The lowest BCUT2D eigenvalue weighted by molar-refractivity contribution is -0.0610. The van der Waals surface area contributed by atoms with Gasteiger partial charge in [0.2, 0.25) is 5.95 Å². The minimum Gasteiger partial charge on any atom is -0.394 e. The van der Waals surface area contributed by atoms with Crippen molar-refractivity contribution in [1.82, 2.24) is 19.7 Å². The molecule has 6 N–H and O–H groups in total. The van der Waals surface area contributed by atoms with E-state index in [1.54, 1.807) is 0 Å². The smallest absolute Gasteiger partial charge is 0.294 e. The summed E-state index contributed by atoms with van der Waals surface area (Å²) < 4.78 is 5.91. The standard InChI is InChI=1S/C11H13N5O6/c12-11-13-1-3-5(14-11)9(21)16(15-8(3)20)10-7(19)6(18)4(2-17)22-10/h1,4,6-7,10,17-19H,2H2,(H,15,20)(H2,12,13,14)/t4-,6-,7-,10-/m1/s1. The van der Waals surface area contributed by atoms with Gasteiger partial charge in [-0.1, -0.05) is 0 Å². The van der Waals surface area contributed by atoms with E-state index in [1.165, 1.54) is 0 Å². The zero-order valence-corrected chi connectivity index (χ0v) is 11.1. The van der Waals surface area contributed by atoms with Gasteiger partial charge in [0.25, 0.3) is 11.1 Å². The summed E-state index contributed by atoms with van der Waals surface area (Å²) in [4.78, 5) is 31.7. The summed E-state index contributed by atoms with van der Waals surface area (Å²) in [5.41, 5.74) is 3.69. The maximum Gasteiger partial charge on any atom is 0.294 e. The highest BCUT2D eigenvalue weighted by Crippen LogP contribution is 2.27. The SMILES string of the molecule is Nc1ncc2c(=O)[nH]n([C@@H]3O[C@H](CO)[C@@H](O)[C@H]3O)c(=O)c2n1. The number of H-pyrrole nitrogens is 1. The highest BCUT2D eigenvalue weighted by atomic mass is 16.6. The molecule has 4 atom stereocenters. The Morgan fingerprint density at radius 2 is 2.09 bits per heavy atom. The number of aromatic amines is 1. The fourth-order valence-corrected chi connectivity index (χ4v) is 2.33. The molecule has 0 unspecified atom stereocenters. The topological polar surface area (TPSA) is 177 Å². The van der Waals surface area contributed by atoms with Crippen LogP contribution in [0.5, 0.6) is 0 Å². The number of aliphatic hydroxyl groups excluding tert-OH is 3. The Hall–Kier alpha value is -2.34. The molecule has 3 heterocycles. The van der Waals surface area contributed by atoms with E-state index in [2.05, 4.69) is 15.1 Å². The van der Waals surface area contributed by atoms with Gasteiger partial charge < -0.3 is 25.8 Å². The Kier molecular flexibility index (Phi) is 3.41. The van der Waals surface area contributed by atoms with Crippen molar-refractivity contribution < 1.29 is 20.1 Å². The van der Waals surface area contributed by atoms with Crippen molar-refractivity contribution in [2.24, 2.45) is 0 Å². The third-order valence-electron chi connectivity index (χ3n) is 3.47. The van der Waals surface area contributed by atoms with Gasteiger partial charge in [-0.05, 0) is 0 Å². The largest absolute Gasteiger partial charge is 0.394 e. The van der Waals surface area contributed by atoms with Crippen molar-refractivity contribution in [3.8, 4) is 0 Å². The molecular weight excluding hydrogens is 298 g/mol. The molecule has 22 heavy (non-hydrogen) atoms. The van der Waals surface area contributed by atoms with Gasteiger partial charge in [-0.15, -0.1) is 0 Å². The predicted octanol–water partition coefficient (Wildman–Crippen LogP) is -3.33. The molecule has 118 valence electrons. The molecular formula is C11H13N5O6. The van der Waals surface area contributed by atoms with Crippen LogP contribution >= 0.6 is 0 Å². The molecule has 0 bridgehead atoms. The van der Waals surface area contributed by atoms with E-state index in [4.69, 9.17) is 15.6 Å². The normalized spacial score (nSPS) is 28.3. The van der Waals surface area contributed by atoms with Gasteiger partial charge in [-0.3, -0.25) is 14.7 Å². The third kappa shape index (κ3) is 2.07. The van der Waals surface area contributed by atoms with E-state index in [9.17, 15) is 19.8 Å². The lowest BCUT2D eigenvalue weighted by atomic mass is 10.1. The minimum atomic E-state index is -1.51. The van der Waals surface area contributed by atoms with Gasteiger partial charge in [-0.2, -0.15) is 0 Å². The van der Waals surface area contributed by atoms with E-state index in [0.29, 0.717) is 4.68 Å². The van der Waals surface area contributed by atoms with E-state index < -0.39 is 42.3 Å². The monoisotopic (exact) mass is 311 g/mol. The molecule has 3 rings (SSSR count). The minimum absolute atomic E-state index is 0.0674. The molecule has 1 aliphatic heterocycles. The van der Waals surface area contributed by atoms with Crippen LogP contribution in [0.4, 0.5) is 5.95 Å². The molecule has 2 aromatic rings. The Bertz CT molecular complexity index is 832. The Morgan fingerprint density at radius 1 is 1.36 bits per heavy atom. The molecule has 0 amide bonds. The quantitative estimate of drug-likeness (QED) is 0.379. The Labute approximate surface area is 121 Å². The summed E-state index contributed by atoms with van der Waals surface area (Å²) in [6.45, 7) is -0.559. The van der Waals surface area contributed by atoms with E-state index in [0.717, 1.165) is 6.20 Å². The summed E-state index contributed by atoms with van der Waals surface area (Å²) in [5, 5.41) is 30.9. The van der Waals surface area contributed by atoms with Crippen molar-refractivity contribution >= 4 is 16.9 Å². The number of hydrogen-bond donors (Lipinski definition) is 5. The average molecular weight is 311 g/mol. The molecule has 11 heteroatoms. The number of ether oxygens (including phenoxy) is 1. The van der Waals surface area contributed by atoms with Crippen LogP contribution in [0, 0.1) is 0 Å². The first-order valence-electron chi connectivity index (χ1n) is 6.33. The summed E-state index contributed by atoms with van der Waals surface area (Å²) in [6, 6.07) is 0. The zero-order chi connectivity index (χ0) is 16.0. The summed E-state index contributed by atoms with van der Waals surface area (Å²) in [5.74, 6) is -0.192. The number of rotatable bonds is 2. The maximum atomic E-state index is 12.4. The number of aliphatic hydroxyl groups is 3. The third-order valence-corrected chi connectivity index (χ3v) is 3.47. The van der Waals surface area contributed by atoms with E-state index in [1.807, 2.05) is 0 Å². The van der Waals surface area contributed by atoms with E-state index >= 15 is 0 Å². The van der Waals surface area contributed by atoms with Crippen molar-refractivity contribution in [2.45, 2.75) is 24.5 Å². The van der Waals surface area contributed by atoms with Gasteiger partial charge in [0, 0.05) is 6.20 Å². The number of nitrogens with two attached hydrogens (primary N) is 1. The van der Waals surface area contributed by atoms with Gasteiger partial charge in [0.1, 0.15) is 23.8 Å². The van der Waals surface area contributed by atoms with E-state index in [-0.39, 0.29) is 16.9 Å². The van der Waals surface area contributed by atoms with Crippen molar-refractivity contribution in [3.05, 3.63) is 26.9 Å². The number of anilines is 1. The van der Waals surface area contributed by atoms with Crippen molar-refractivity contribution in [3.63, 3.8) is 0 Å². The molecule has 0 aromatic carbocycles. The summed E-state index contributed by atoms with van der Waals surface area (Å²) >= 11 is 0. The lowest BCUT2D eigenvalue weighted by Crippen LogP contribution is -2.39. The molecule has 1 saturated heterocycles. The van der Waals surface area contributed by atoms with Gasteiger partial charge in [0.05, 0.1) is 12.0 Å². The van der Waals surface area contributed by atoms with Crippen LogP contribution in [0.2, 0.25) is 0 Å². The van der Waals surface area contributed by atoms with Crippen molar-refractivity contribution in [2.75, 3.05) is 12.3 Å². The molecule has 1 fully saturated rings. The molecule has 0 radical (unpaired) electrons. The Balaban J connectivity index is 2.18. The first-order chi connectivity index (χ1) is 10.4. The first kappa shape index (κ1) is 14.6. The second-order valence-corrected chi connectivity index (χ2v) is 4.84. The average Bonchev–Trinajstić information content (AvgIpc) is 2.78. The van der Waals surface area contributed by atoms with Crippen LogP contribution in [-0.4, -0.2) is 60.0 Å². The molecule has 2 aromatic heterocycles. The van der Waals surface area contributed by atoms with Crippen LogP contribution in [0.25, 0.3) is 10.9 Å². The molecule has 11 nitrogen and oxygen atoms in total. The van der Waals surface area contributed by atoms with Crippen LogP contribution in [0.1, 0.15) is 6.23 Å². The van der Waals surface area contributed by atoms with Gasteiger partial charge in [0.15, 0.2) is 6.23 Å². The zero-order valence-electron chi connectivity index (χ0n) is 11.1. The fraction of sp³-hybridized carbons (Fsp3) is 0.455. The highest BCUT2D eigenvalue weighted by Gasteiger charge is 2.44. The van der Waals surface area contributed by atoms with Crippen LogP contribution in [-0.2, 0) is 4.74 Å². The second-order valence-electron chi connectivity index (χ2n) is 4.84. The number of nitrogen functional groups attached to an aromatic ring is 1. The van der Waals surface area contributed by atoms with Gasteiger partial charge >= 0.3 is 0 Å². The number of nitrogens with zero attached hydrogens (tertiary/aromatic N) is 3. The first-order valence-corrected chi connectivity index (χ1v) is 6.33.